The van der Waals surface area contributed by atoms with Crippen LogP contribution in [0.15, 0.2) is 12.1 Å². The Morgan fingerprint density at radius 2 is 1.83 bits per heavy atom. The van der Waals surface area contributed by atoms with E-state index in [4.69, 9.17) is 34.8 Å². The van der Waals surface area contributed by atoms with Gasteiger partial charge in [0.05, 0.1) is 26.4 Å². The van der Waals surface area contributed by atoms with Gasteiger partial charge in [0.15, 0.2) is 11.5 Å². The van der Waals surface area contributed by atoms with Gasteiger partial charge in [-0.05, 0) is 25.8 Å². The fraction of sp³-hybridized carbons (Fsp3) is 0.444. The van der Waals surface area contributed by atoms with Crippen LogP contribution in [0.5, 0.6) is 5.75 Å². The standard InChI is InChI=1S/C18H17Cl3F3N3O2/c1-9-16(21)17(18(22,23)24)25-27(9)8-15(29)10-2-4-26(5-3-10)13-7-14(28)12(20)6-11(13)19/h6-7,10,28H,2-5,8H2,1H3. The number of hydrogen-bond acceptors (Lipinski definition) is 4. The number of aromatic hydroxyl groups is 1. The molecule has 1 fully saturated rings. The molecule has 2 aromatic rings. The predicted molar refractivity (Wildman–Crippen MR) is 105 cm³/mol. The van der Waals surface area contributed by atoms with E-state index in [1.54, 1.807) is 0 Å². The van der Waals surface area contributed by atoms with Crippen molar-refractivity contribution in [3.63, 3.8) is 0 Å². The van der Waals surface area contributed by atoms with Gasteiger partial charge in [0.2, 0.25) is 0 Å². The molecule has 0 spiro atoms. The monoisotopic (exact) mass is 469 g/mol. The van der Waals surface area contributed by atoms with Gasteiger partial charge in [-0.2, -0.15) is 18.3 Å². The Hall–Kier alpha value is -1.64. The maximum Gasteiger partial charge on any atom is 0.436 e. The van der Waals surface area contributed by atoms with E-state index in [9.17, 15) is 23.1 Å². The van der Waals surface area contributed by atoms with E-state index in [2.05, 4.69) is 5.10 Å². The van der Waals surface area contributed by atoms with Crippen LogP contribution in [-0.2, 0) is 17.5 Å². The van der Waals surface area contributed by atoms with Crippen molar-refractivity contribution in [3.8, 4) is 5.75 Å². The van der Waals surface area contributed by atoms with E-state index in [0.29, 0.717) is 36.6 Å². The lowest BCUT2D eigenvalue weighted by molar-refractivity contribution is -0.141. The molecule has 0 atom stereocenters. The van der Waals surface area contributed by atoms with Crippen molar-refractivity contribution in [2.75, 3.05) is 18.0 Å². The van der Waals surface area contributed by atoms with E-state index >= 15 is 0 Å². The molecular weight excluding hydrogens is 454 g/mol. The number of piperidine rings is 1. The molecule has 3 rings (SSSR count). The number of anilines is 1. The van der Waals surface area contributed by atoms with Crippen LogP contribution < -0.4 is 4.90 Å². The average molecular weight is 471 g/mol. The van der Waals surface area contributed by atoms with Crippen LogP contribution in [0.2, 0.25) is 15.1 Å². The number of benzene rings is 1. The quantitative estimate of drug-likeness (QED) is 0.653. The summed E-state index contributed by atoms with van der Waals surface area (Å²) in [4.78, 5) is 14.5. The second-order valence-electron chi connectivity index (χ2n) is 6.89. The average Bonchev–Trinajstić information content (AvgIpc) is 2.93. The lowest BCUT2D eigenvalue weighted by Crippen LogP contribution is -2.37. The number of rotatable bonds is 4. The lowest BCUT2D eigenvalue weighted by atomic mass is 9.92. The van der Waals surface area contributed by atoms with Gasteiger partial charge in [0.1, 0.15) is 12.3 Å². The zero-order chi connectivity index (χ0) is 21.5. The summed E-state index contributed by atoms with van der Waals surface area (Å²) >= 11 is 17.8. The Morgan fingerprint density at radius 1 is 1.21 bits per heavy atom. The summed E-state index contributed by atoms with van der Waals surface area (Å²) in [6.45, 7) is 2.14. The van der Waals surface area contributed by atoms with Gasteiger partial charge in [-0.15, -0.1) is 0 Å². The highest BCUT2D eigenvalue weighted by Gasteiger charge is 2.38. The van der Waals surface area contributed by atoms with E-state index in [-0.39, 0.29) is 34.7 Å². The summed E-state index contributed by atoms with van der Waals surface area (Å²) in [7, 11) is 0. The molecule has 1 aromatic carbocycles. The highest BCUT2D eigenvalue weighted by atomic mass is 35.5. The van der Waals surface area contributed by atoms with E-state index in [1.165, 1.54) is 19.1 Å². The summed E-state index contributed by atoms with van der Waals surface area (Å²) in [6.07, 6.45) is -3.68. The van der Waals surface area contributed by atoms with E-state index in [0.717, 1.165) is 4.68 Å². The van der Waals surface area contributed by atoms with Crippen LogP contribution >= 0.6 is 34.8 Å². The third kappa shape index (κ3) is 4.59. The number of halogens is 6. The maximum atomic E-state index is 12.9. The normalized spacial score (nSPS) is 15.8. The first kappa shape index (κ1) is 22.1. The molecule has 1 aromatic heterocycles. The molecule has 0 bridgehead atoms. The third-order valence-corrected chi connectivity index (χ3v) is 6.07. The van der Waals surface area contributed by atoms with Crippen LogP contribution in [0.1, 0.15) is 24.2 Å². The predicted octanol–water partition coefficient (Wildman–Crippen LogP) is 5.36. The van der Waals surface area contributed by atoms with Crippen molar-refractivity contribution in [2.24, 2.45) is 5.92 Å². The highest BCUT2D eigenvalue weighted by Crippen LogP contribution is 2.38. The maximum absolute atomic E-state index is 12.9. The SMILES string of the molecule is Cc1c(Cl)c(C(F)(F)F)nn1CC(=O)C1CCN(c2cc(O)c(Cl)cc2Cl)CC1. The first-order chi connectivity index (χ1) is 13.5. The molecule has 0 amide bonds. The highest BCUT2D eigenvalue weighted by molar-refractivity contribution is 6.37. The Kier molecular flexibility index (Phi) is 6.27. The van der Waals surface area contributed by atoms with Crippen LogP contribution in [0.25, 0.3) is 0 Å². The van der Waals surface area contributed by atoms with E-state index < -0.39 is 16.9 Å². The molecule has 5 nitrogen and oxygen atoms in total. The fourth-order valence-electron chi connectivity index (χ4n) is 3.35. The van der Waals surface area contributed by atoms with Gasteiger partial charge in [0, 0.05) is 25.1 Å². The van der Waals surface area contributed by atoms with Crippen molar-refractivity contribution in [1.29, 1.82) is 0 Å². The summed E-state index contributed by atoms with van der Waals surface area (Å²) in [5, 5.41) is 13.3. The number of nitrogens with zero attached hydrogens (tertiary/aromatic N) is 3. The first-order valence-corrected chi connectivity index (χ1v) is 9.88. The van der Waals surface area contributed by atoms with Crippen molar-refractivity contribution in [2.45, 2.75) is 32.5 Å². The molecule has 0 saturated carbocycles. The van der Waals surface area contributed by atoms with Crippen molar-refractivity contribution < 1.29 is 23.1 Å². The minimum absolute atomic E-state index is 0.0872. The molecule has 0 aliphatic carbocycles. The Balaban J connectivity index is 1.66. The van der Waals surface area contributed by atoms with Crippen LogP contribution in [0.3, 0.4) is 0 Å². The Bertz CT molecular complexity index is 939. The molecule has 1 saturated heterocycles. The van der Waals surface area contributed by atoms with Gasteiger partial charge in [-0.25, -0.2) is 0 Å². The largest absolute Gasteiger partial charge is 0.506 e. The van der Waals surface area contributed by atoms with Crippen LogP contribution in [-0.4, -0.2) is 33.8 Å². The molecule has 1 aliphatic rings. The Labute approximate surface area is 179 Å². The lowest BCUT2D eigenvalue weighted by Gasteiger charge is -2.33. The number of ketones is 1. The molecule has 11 heteroatoms. The molecule has 1 aliphatic heterocycles. The number of alkyl halides is 3. The summed E-state index contributed by atoms with van der Waals surface area (Å²) < 4.78 is 39.8. The molecule has 0 unspecified atom stereocenters. The number of carbonyl (C=O) groups is 1. The van der Waals surface area contributed by atoms with Crippen LogP contribution in [0, 0.1) is 12.8 Å². The van der Waals surface area contributed by atoms with E-state index in [1.807, 2.05) is 4.90 Å². The van der Waals surface area contributed by atoms with Crippen molar-refractivity contribution in [1.82, 2.24) is 9.78 Å². The Morgan fingerprint density at radius 3 is 2.38 bits per heavy atom. The topological polar surface area (TPSA) is 58.4 Å². The molecular formula is C18H17Cl3F3N3O2. The zero-order valence-electron chi connectivity index (χ0n) is 15.2. The second kappa shape index (κ2) is 8.24. The minimum Gasteiger partial charge on any atom is -0.506 e. The molecule has 0 radical (unpaired) electrons. The number of Topliss-reactive ketones (excluding diaryl/α,β-unsaturated/α-hetero) is 1. The molecule has 29 heavy (non-hydrogen) atoms. The summed E-state index contributed by atoms with van der Waals surface area (Å²) in [6, 6.07) is 2.92. The second-order valence-corrected chi connectivity index (χ2v) is 8.08. The van der Waals surface area contributed by atoms with Gasteiger partial charge in [0.25, 0.3) is 0 Å². The summed E-state index contributed by atoms with van der Waals surface area (Å²) in [5.74, 6) is -0.607. The van der Waals surface area contributed by atoms with Crippen molar-refractivity contribution >= 4 is 46.3 Å². The number of carbonyl (C=O) groups excluding carboxylic acids is 1. The molecule has 158 valence electrons. The first-order valence-electron chi connectivity index (χ1n) is 8.74. The minimum atomic E-state index is -4.68. The molecule has 2 heterocycles. The van der Waals surface area contributed by atoms with Crippen LogP contribution in [0.4, 0.5) is 18.9 Å². The number of aromatic nitrogens is 2. The summed E-state index contributed by atoms with van der Waals surface area (Å²) in [5.41, 5.74) is -0.464. The van der Waals surface area contributed by atoms with Gasteiger partial charge < -0.3 is 10.0 Å². The van der Waals surface area contributed by atoms with Gasteiger partial charge >= 0.3 is 6.18 Å². The molecule has 1 N–H and O–H groups in total. The smallest absolute Gasteiger partial charge is 0.436 e. The van der Waals surface area contributed by atoms with Crippen molar-refractivity contribution in [3.05, 3.63) is 38.6 Å². The number of phenols is 1. The number of hydrogen-bond donors (Lipinski definition) is 1. The number of phenolic OH excluding ortho intramolecular Hbond substituents is 1. The van der Waals surface area contributed by atoms with Gasteiger partial charge in [-0.1, -0.05) is 34.8 Å². The zero-order valence-corrected chi connectivity index (χ0v) is 17.5. The fourth-order valence-corrected chi connectivity index (χ4v) is 4.09. The third-order valence-electron chi connectivity index (χ3n) is 5.01. The van der Waals surface area contributed by atoms with Gasteiger partial charge in [-0.3, -0.25) is 9.48 Å².